The van der Waals surface area contributed by atoms with Gasteiger partial charge in [-0.05, 0) is 17.7 Å². The molecule has 0 atom stereocenters. The van der Waals surface area contributed by atoms with Crippen LogP contribution in [-0.4, -0.2) is 13.6 Å². The average molecular weight is 208 g/mol. The Hall–Kier alpha value is -1.09. The van der Waals surface area contributed by atoms with Crippen LogP contribution < -0.4 is 10.6 Å². The summed E-state index contributed by atoms with van der Waals surface area (Å²) in [5, 5.41) is 0. The van der Waals surface area contributed by atoms with Gasteiger partial charge in [-0.15, -0.1) is 0 Å². The summed E-state index contributed by atoms with van der Waals surface area (Å²) in [7, 11) is 2.03. The quantitative estimate of drug-likeness (QED) is 0.765. The number of nitrogens with zero attached hydrogens (tertiary/aromatic N) is 1. The fraction of sp³-hybridized carbons (Fsp3) is 0.500. The molecular formula is C12H17FN2. The highest BCUT2D eigenvalue weighted by atomic mass is 19.1. The minimum absolute atomic E-state index is 0.0130. The Kier molecular flexibility index (Phi) is 2.23. The summed E-state index contributed by atoms with van der Waals surface area (Å²) in [6, 6.07) is 3.36. The molecule has 15 heavy (non-hydrogen) atoms. The van der Waals surface area contributed by atoms with Crippen molar-refractivity contribution in [3.63, 3.8) is 0 Å². The first-order chi connectivity index (χ1) is 6.97. The van der Waals surface area contributed by atoms with E-state index in [9.17, 15) is 4.39 Å². The molecule has 82 valence electrons. The number of halogens is 1. The van der Waals surface area contributed by atoms with E-state index in [0.717, 1.165) is 17.8 Å². The minimum Gasteiger partial charge on any atom is -0.373 e. The van der Waals surface area contributed by atoms with E-state index >= 15 is 0 Å². The van der Waals surface area contributed by atoms with E-state index in [2.05, 4.69) is 18.7 Å². The second kappa shape index (κ2) is 3.20. The highest BCUT2D eigenvalue weighted by Crippen LogP contribution is 2.42. The Morgan fingerprint density at radius 3 is 2.73 bits per heavy atom. The van der Waals surface area contributed by atoms with Crippen molar-refractivity contribution in [3.05, 3.63) is 29.1 Å². The molecule has 2 rings (SSSR count). The first kappa shape index (κ1) is 10.4. The molecule has 0 bridgehead atoms. The molecule has 0 radical (unpaired) electrons. The number of hydrogen-bond donors (Lipinski definition) is 1. The Morgan fingerprint density at radius 1 is 1.47 bits per heavy atom. The maximum Gasteiger partial charge on any atom is 0.128 e. The van der Waals surface area contributed by atoms with Crippen LogP contribution in [0.15, 0.2) is 12.1 Å². The summed E-state index contributed by atoms with van der Waals surface area (Å²) in [6.45, 7) is 5.45. The van der Waals surface area contributed by atoms with Crippen LogP contribution in [0.4, 0.5) is 10.1 Å². The topological polar surface area (TPSA) is 29.3 Å². The number of rotatable bonds is 1. The highest BCUT2D eigenvalue weighted by molar-refractivity contribution is 5.64. The fourth-order valence-corrected chi connectivity index (χ4v) is 2.64. The van der Waals surface area contributed by atoms with Crippen molar-refractivity contribution in [2.24, 2.45) is 5.73 Å². The molecule has 0 saturated carbocycles. The van der Waals surface area contributed by atoms with Crippen LogP contribution >= 0.6 is 0 Å². The number of anilines is 1. The average Bonchev–Trinajstić information content (AvgIpc) is 2.37. The largest absolute Gasteiger partial charge is 0.373 e. The molecule has 0 aromatic heterocycles. The molecule has 2 nitrogen and oxygen atoms in total. The molecule has 1 aromatic carbocycles. The van der Waals surface area contributed by atoms with Gasteiger partial charge in [0.1, 0.15) is 5.82 Å². The van der Waals surface area contributed by atoms with Gasteiger partial charge in [0, 0.05) is 36.8 Å². The lowest BCUT2D eigenvalue weighted by Crippen LogP contribution is -2.26. The van der Waals surface area contributed by atoms with Gasteiger partial charge in [0.2, 0.25) is 0 Å². The Balaban J connectivity index is 2.70. The molecule has 0 saturated heterocycles. The smallest absolute Gasteiger partial charge is 0.128 e. The predicted molar refractivity (Wildman–Crippen MR) is 60.6 cm³/mol. The first-order valence-corrected chi connectivity index (χ1v) is 5.20. The number of benzene rings is 1. The van der Waals surface area contributed by atoms with Crippen LogP contribution in [-0.2, 0) is 12.0 Å². The Labute approximate surface area is 89.9 Å². The maximum absolute atomic E-state index is 13.6. The Bertz CT molecular complexity index is 399. The monoisotopic (exact) mass is 208 g/mol. The van der Waals surface area contributed by atoms with Gasteiger partial charge in [-0.2, -0.15) is 0 Å². The van der Waals surface area contributed by atoms with Crippen LogP contribution in [0.5, 0.6) is 0 Å². The summed E-state index contributed by atoms with van der Waals surface area (Å²) in [4.78, 5) is 2.16. The number of nitrogens with two attached hydrogens (primary N) is 1. The van der Waals surface area contributed by atoms with Crippen molar-refractivity contribution in [1.82, 2.24) is 0 Å². The van der Waals surface area contributed by atoms with E-state index in [4.69, 9.17) is 5.73 Å². The lowest BCUT2D eigenvalue weighted by Gasteiger charge is -2.20. The number of hydrogen-bond acceptors (Lipinski definition) is 2. The lowest BCUT2D eigenvalue weighted by molar-refractivity contribution is 0.544. The Morgan fingerprint density at radius 2 is 2.13 bits per heavy atom. The molecule has 0 fully saturated rings. The van der Waals surface area contributed by atoms with Crippen LogP contribution in [0.1, 0.15) is 25.0 Å². The molecule has 0 amide bonds. The normalized spacial score (nSPS) is 18.1. The SMILES string of the molecule is CN1CC(C)(C)c2c1ccc(F)c2CN. The summed E-state index contributed by atoms with van der Waals surface area (Å²) in [6.07, 6.45) is 0. The zero-order chi connectivity index (χ0) is 11.2. The first-order valence-electron chi connectivity index (χ1n) is 5.20. The third-order valence-corrected chi connectivity index (χ3v) is 3.16. The van der Waals surface area contributed by atoms with Crippen molar-refractivity contribution in [2.75, 3.05) is 18.5 Å². The second-order valence-corrected chi connectivity index (χ2v) is 4.86. The van der Waals surface area contributed by atoms with Crippen LogP contribution in [0.3, 0.4) is 0 Å². The van der Waals surface area contributed by atoms with Crippen LogP contribution in [0, 0.1) is 5.82 Å². The third kappa shape index (κ3) is 1.42. The maximum atomic E-state index is 13.6. The van der Waals surface area contributed by atoms with Gasteiger partial charge in [0.15, 0.2) is 0 Å². The van der Waals surface area contributed by atoms with Gasteiger partial charge in [0.05, 0.1) is 0 Å². The molecule has 2 N–H and O–H groups in total. The van der Waals surface area contributed by atoms with E-state index < -0.39 is 0 Å². The van der Waals surface area contributed by atoms with Crippen molar-refractivity contribution >= 4 is 5.69 Å². The molecule has 0 spiro atoms. The van der Waals surface area contributed by atoms with Crippen molar-refractivity contribution < 1.29 is 4.39 Å². The van der Waals surface area contributed by atoms with E-state index in [-0.39, 0.29) is 17.8 Å². The van der Waals surface area contributed by atoms with E-state index in [1.54, 1.807) is 0 Å². The van der Waals surface area contributed by atoms with Gasteiger partial charge in [0.25, 0.3) is 0 Å². The highest BCUT2D eigenvalue weighted by Gasteiger charge is 2.36. The molecule has 1 aliphatic heterocycles. The predicted octanol–water partition coefficient (Wildman–Crippen LogP) is 2.01. The van der Waals surface area contributed by atoms with Gasteiger partial charge in [-0.1, -0.05) is 13.8 Å². The van der Waals surface area contributed by atoms with E-state index in [1.807, 2.05) is 13.1 Å². The second-order valence-electron chi connectivity index (χ2n) is 4.86. The molecule has 0 unspecified atom stereocenters. The molecule has 1 aromatic rings. The molecular weight excluding hydrogens is 191 g/mol. The van der Waals surface area contributed by atoms with Crippen LogP contribution in [0.25, 0.3) is 0 Å². The van der Waals surface area contributed by atoms with Crippen molar-refractivity contribution in [1.29, 1.82) is 0 Å². The minimum atomic E-state index is -0.181. The molecule has 0 aliphatic carbocycles. The molecule has 1 heterocycles. The lowest BCUT2D eigenvalue weighted by atomic mass is 9.83. The van der Waals surface area contributed by atoms with E-state index in [0.29, 0.717) is 5.56 Å². The van der Waals surface area contributed by atoms with Gasteiger partial charge in [-0.3, -0.25) is 0 Å². The fourth-order valence-electron chi connectivity index (χ4n) is 2.64. The summed E-state index contributed by atoms with van der Waals surface area (Å²) < 4.78 is 13.6. The third-order valence-electron chi connectivity index (χ3n) is 3.16. The molecule has 1 aliphatic rings. The summed E-state index contributed by atoms with van der Waals surface area (Å²) >= 11 is 0. The van der Waals surface area contributed by atoms with Crippen molar-refractivity contribution in [2.45, 2.75) is 25.8 Å². The van der Waals surface area contributed by atoms with Gasteiger partial charge >= 0.3 is 0 Å². The summed E-state index contributed by atoms with van der Waals surface area (Å²) in [5.41, 5.74) is 8.48. The summed E-state index contributed by atoms with van der Waals surface area (Å²) in [5.74, 6) is -0.181. The zero-order valence-corrected chi connectivity index (χ0v) is 9.47. The van der Waals surface area contributed by atoms with Crippen LogP contribution in [0.2, 0.25) is 0 Å². The zero-order valence-electron chi connectivity index (χ0n) is 9.47. The number of fused-ring (bicyclic) bond motifs is 1. The van der Waals surface area contributed by atoms with Gasteiger partial charge < -0.3 is 10.6 Å². The van der Waals surface area contributed by atoms with E-state index in [1.165, 1.54) is 6.07 Å². The van der Waals surface area contributed by atoms with Gasteiger partial charge in [-0.25, -0.2) is 4.39 Å². The number of likely N-dealkylation sites (N-methyl/N-ethyl adjacent to an activating group) is 1. The van der Waals surface area contributed by atoms with Crippen molar-refractivity contribution in [3.8, 4) is 0 Å². The standard InChI is InChI=1S/C12H17FN2/c1-12(2)7-15(3)10-5-4-9(13)8(6-14)11(10)12/h4-5H,6-7,14H2,1-3H3. The molecule has 3 heteroatoms.